The second-order valence-electron chi connectivity index (χ2n) is 5.33. The molecule has 1 aromatic heterocycles. The number of nitrogen functional groups attached to an aromatic ring is 1. The molecule has 1 aromatic carbocycles. The Morgan fingerprint density at radius 1 is 1.29 bits per heavy atom. The van der Waals surface area contributed by atoms with Gasteiger partial charge in [0.2, 0.25) is 10.0 Å². The second kappa shape index (κ2) is 5.44. The summed E-state index contributed by atoms with van der Waals surface area (Å²) >= 11 is 1.71. The zero-order valence-corrected chi connectivity index (χ0v) is 13.5. The summed E-state index contributed by atoms with van der Waals surface area (Å²) in [5.74, 6) is 0.0249. The summed E-state index contributed by atoms with van der Waals surface area (Å²) in [4.78, 5) is 1.31. The lowest BCUT2D eigenvalue weighted by Crippen LogP contribution is -2.38. The first-order valence-corrected chi connectivity index (χ1v) is 9.36. The van der Waals surface area contributed by atoms with Gasteiger partial charge in [0.1, 0.15) is 0 Å². The van der Waals surface area contributed by atoms with Crippen molar-refractivity contribution >= 4 is 27.0 Å². The van der Waals surface area contributed by atoms with Gasteiger partial charge in [0.05, 0.1) is 5.75 Å². The van der Waals surface area contributed by atoms with Gasteiger partial charge in [-0.3, -0.25) is 0 Å². The average molecular weight is 322 g/mol. The Bertz CT molecular complexity index is 735. The van der Waals surface area contributed by atoms with E-state index in [2.05, 4.69) is 0 Å². The van der Waals surface area contributed by atoms with Crippen molar-refractivity contribution in [2.45, 2.75) is 25.1 Å². The summed E-state index contributed by atoms with van der Waals surface area (Å²) in [5, 5.41) is 2.04. The van der Waals surface area contributed by atoms with Crippen molar-refractivity contribution in [1.29, 1.82) is 0 Å². The van der Waals surface area contributed by atoms with Crippen LogP contribution in [0.2, 0.25) is 0 Å². The van der Waals surface area contributed by atoms with Crippen LogP contribution in [-0.4, -0.2) is 19.3 Å². The Balaban J connectivity index is 1.84. The van der Waals surface area contributed by atoms with E-state index in [9.17, 15) is 8.42 Å². The predicted octanol–water partition coefficient (Wildman–Crippen LogP) is 2.78. The van der Waals surface area contributed by atoms with Gasteiger partial charge in [-0.25, -0.2) is 8.42 Å². The molecule has 0 saturated heterocycles. The number of sulfonamides is 1. The third kappa shape index (κ3) is 2.84. The maximum Gasteiger partial charge on any atom is 0.218 e. The Labute approximate surface area is 129 Å². The highest BCUT2D eigenvalue weighted by Gasteiger charge is 2.33. The van der Waals surface area contributed by atoms with Gasteiger partial charge in [-0.05, 0) is 48.1 Å². The predicted molar refractivity (Wildman–Crippen MR) is 86.6 cm³/mol. The van der Waals surface area contributed by atoms with E-state index in [0.717, 1.165) is 17.5 Å². The first-order chi connectivity index (χ1) is 9.97. The maximum atomic E-state index is 12.7. The molecule has 2 heterocycles. The van der Waals surface area contributed by atoms with Crippen LogP contribution in [0.4, 0.5) is 5.69 Å². The van der Waals surface area contributed by atoms with Crippen LogP contribution in [0.15, 0.2) is 35.7 Å². The van der Waals surface area contributed by atoms with Crippen molar-refractivity contribution in [3.05, 3.63) is 51.7 Å². The monoisotopic (exact) mass is 322 g/mol. The Morgan fingerprint density at radius 2 is 2.00 bits per heavy atom. The van der Waals surface area contributed by atoms with Crippen molar-refractivity contribution in [3.63, 3.8) is 0 Å². The molecule has 1 aliphatic rings. The van der Waals surface area contributed by atoms with E-state index in [-0.39, 0.29) is 11.8 Å². The number of nitrogens with two attached hydrogens (primary N) is 1. The Morgan fingerprint density at radius 3 is 2.71 bits per heavy atom. The van der Waals surface area contributed by atoms with Gasteiger partial charge in [-0.2, -0.15) is 4.31 Å². The summed E-state index contributed by atoms with van der Waals surface area (Å²) in [5.41, 5.74) is 8.20. The minimum atomic E-state index is -3.32. The third-order valence-corrected chi connectivity index (χ3v) is 6.82. The summed E-state index contributed by atoms with van der Waals surface area (Å²) in [6.07, 6.45) is 0.804. The summed E-state index contributed by atoms with van der Waals surface area (Å²) < 4.78 is 27.0. The van der Waals surface area contributed by atoms with E-state index in [1.807, 2.05) is 18.4 Å². The zero-order valence-electron chi connectivity index (χ0n) is 11.8. The second-order valence-corrected chi connectivity index (χ2v) is 8.26. The van der Waals surface area contributed by atoms with Crippen LogP contribution >= 0.6 is 11.3 Å². The molecule has 0 saturated carbocycles. The molecule has 1 unspecified atom stereocenters. The number of hydrogen-bond acceptors (Lipinski definition) is 4. The van der Waals surface area contributed by atoms with E-state index in [0.29, 0.717) is 12.2 Å². The molecule has 1 aliphatic heterocycles. The van der Waals surface area contributed by atoms with Gasteiger partial charge in [-0.1, -0.05) is 12.1 Å². The fourth-order valence-electron chi connectivity index (χ4n) is 2.77. The normalized spacial score (nSPS) is 19.4. The lowest BCUT2D eigenvalue weighted by atomic mass is 10.0. The van der Waals surface area contributed by atoms with Crippen LogP contribution in [0.1, 0.15) is 29.0 Å². The number of nitrogens with zero attached hydrogens (tertiary/aromatic N) is 1. The minimum absolute atomic E-state index is 0.0249. The first kappa shape index (κ1) is 14.6. The minimum Gasteiger partial charge on any atom is -0.399 e. The molecular formula is C15H18N2O2S2. The molecule has 3 rings (SSSR count). The quantitative estimate of drug-likeness (QED) is 0.884. The highest BCUT2D eigenvalue weighted by molar-refractivity contribution is 7.88. The molecule has 112 valence electrons. The lowest BCUT2D eigenvalue weighted by Gasteiger charge is -2.32. The molecule has 4 nitrogen and oxygen atoms in total. The van der Waals surface area contributed by atoms with Crippen molar-refractivity contribution in [3.8, 4) is 0 Å². The molecule has 0 spiro atoms. The molecule has 2 aromatic rings. The highest BCUT2D eigenvalue weighted by atomic mass is 32.2. The SMILES string of the molecule is CC1c2ccsc2CCN1S(=O)(=O)Cc1ccc(N)cc1. The average Bonchev–Trinajstić information content (AvgIpc) is 2.90. The smallest absolute Gasteiger partial charge is 0.218 e. The molecule has 0 aliphatic carbocycles. The number of thiophene rings is 1. The van der Waals surface area contributed by atoms with Gasteiger partial charge in [0, 0.05) is 23.2 Å². The van der Waals surface area contributed by atoms with Crippen molar-refractivity contribution in [1.82, 2.24) is 4.31 Å². The number of hydrogen-bond donors (Lipinski definition) is 1. The van der Waals surface area contributed by atoms with Crippen LogP contribution in [0, 0.1) is 0 Å². The van der Waals surface area contributed by atoms with Crippen LogP contribution in [0.3, 0.4) is 0 Å². The number of fused-ring (bicyclic) bond motifs is 1. The van der Waals surface area contributed by atoms with E-state index in [1.54, 1.807) is 39.9 Å². The standard InChI is InChI=1S/C15H18N2O2S2/c1-11-14-7-9-20-15(14)6-8-17(11)21(18,19)10-12-2-4-13(16)5-3-12/h2-5,7,9,11H,6,8,10,16H2,1H3. The fourth-order valence-corrected chi connectivity index (χ4v) is 5.48. The van der Waals surface area contributed by atoms with E-state index in [4.69, 9.17) is 5.73 Å². The molecule has 0 radical (unpaired) electrons. The molecule has 21 heavy (non-hydrogen) atoms. The molecule has 0 fully saturated rings. The molecular weight excluding hydrogens is 304 g/mol. The molecule has 6 heteroatoms. The van der Waals surface area contributed by atoms with Crippen molar-refractivity contribution in [2.24, 2.45) is 0 Å². The van der Waals surface area contributed by atoms with E-state index in [1.165, 1.54) is 4.88 Å². The summed E-state index contributed by atoms with van der Waals surface area (Å²) in [7, 11) is -3.32. The number of anilines is 1. The molecule has 0 amide bonds. The highest BCUT2D eigenvalue weighted by Crippen LogP contribution is 2.35. The van der Waals surface area contributed by atoms with E-state index >= 15 is 0 Å². The lowest BCUT2D eigenvalue weighted by molar-refractivity contribution is 0.328. The van der Waals surface area contributed by atoms with Gasteiger partial charge in [0.25, 0.3) is 0 Å². The fraction of sp³-hybridized carbons (Fsp3) is 0.333. The van der Waals surface area contributed by atoms with E-state index < -0.39 is 10.0 Å². The Hall–Kier alpha value is -1.37. The van der Waals surface area contributed by atoms with Gasteiger partial charge >= 0.3 is 0 Å². The van der Waals surface area contributed by atoms with Crippen LogP contribution in [0.5, 0.6) is 0 Å². The maximum absolute atomic E-state index is 12.7. The Kier molecular flexibility index (Phi) is 3.77. The van der Waals surface area contributed by atoms with Crippen LogP contribution in [0.25, 0.3) is 0 Å². The molecule has 1 atom stereocenters. The molecule has 2 N–H and O–H groups in total. The van der Waals surface area contributed by atoms with Crippen molar-refractivity contribution in [2.75, 3.05) is 12.3 Å². The topological polar surface area (TPSA) is 63.4 Å². The third-order valence-electron chi connectivity index (χ3n) is 3.91. The molecule has 0 bridgehead atoms. The van der Waals surface area contributed by atoms with Gasteiger partial charge in [0.15, 0.2) is 0 Å². The van der Waals surface area contributed by atoms with Gasteiger partial charge in [-0.15, -0.1) is 11.3 Å². The number of rotatable bonds is 3. The van der Waals surface area contributed by atoms with Crippen LogP contribution in [-0.2, 0) is 22.2 Å². The largest absolute Gasteiger partial charge is 0.399 e. The van der Waals surface area contributed by atoms with Crippen molar-refractivity contribution < 1.29 is 8.42 Å². The van der Waals surface area contributed by atoms with Crippen LogP contribution < -0.4 is 5.73 Å². The summed E-state index contributed by atoms with van der Waals surface area (Å²) in [6, 6.07) is 8.98. The summed E-state index contributed by atoms with van der Waals surface area (Å²) in [6.45, 7) is 2.53. The number of benzene rings is 1. The zero-order chi connectivity index (χ0) is 15.0. The first-order valence-electron chi connectivity index (χ1n) is 6.87. The van der Waals surface area contributed by atoms with Gasteiger partial charge < -0.3 is 5.73 Å².